The molecule has 0 amide bonds. The highest BCUT2D eigenvalue weighted by atomic mass is 32.2. The van der Waals surface area contributed by atoms with Crippen LogP contribution in [0.4, 0.5) is 0 Å². The van der Waals surface area contributed by atoms with Crippen LogP contribution in [-0.2, 0) is 20.4 Å². The van der Waals surface area contributed by atoms with Crippen molar-refractivity contribution in [1.82, 2.24) is 0 Å². The zero-order chi connectivity index (χ0) is 14.8. The molecule has 0 aromatic heterocycles. The number of aliphatic carboxylic acids is 1. The maximum Gasteiger partial charge on any atom is 0.310 e. The van der Waals surface area contributed by atoms with Crippen molar-refractivity contribution in [3.8, 4) is 0 Å². The Morgan fingerprint density at radius 2 is 1.80 bits per heavy atom. The molecule has 4 nitrogen and oxygen atoms in total. The van der Waals surface area contributed by atoms with Crippen LogP contribution in [-0.4, -0.2) is 24.7 Å². The Bertz CT molecular complexity index is 568. The first-order valence-corrected chi connectivity index (χ1v) is 8.65. The first kappa shape index (κ1) is 15.0. The SMILES string of the molecule is CC(C(=O)O)c1ccc(CS(=O)(=O)C2CCCC2)cc1. The number of benzene rings is 1. The van der Waals surface area contributed by atoms with Gasteiger partial charge in [-0.05, 0) is 30.9 Å². The third-order valence-electron chi connectivity index (χ3n) is 4.03. The van der Waals surface area contributed by atoms with Crippen LogP contribution in [0.25, 0.3) is 0 Å². The van der Waals surface area contributed by atoms with Gasteiger partial charge < -0.3 is 5.11 Å². The van der Waals surface area contributed by atoms with E-state index >= 15 is 0 Å². The number of sulfone groups is 1. The molecule has 1 aliphatic carbocycles. The maximum absolute atomic E-state index is 12.2. The monoisotopic (exact) mass is 296 g/mol. The summed E-state index contributed by atoms with van der Waals surface area (Å²) in [5.74, 6) is -1.40. The van der Waals surface area contributed by atoms with Gasteiger partial charge in [-0.25, -0.2) is 8.42 Å². The van der Waals surface area contributed by atoms with Gasteiger partial charge in [-0.15, -0.1) is 0 Å². The van der Waals surface area contributed by atoms with Crippen LogP contribution in [0.1, 0.15) is 49.7 Å². The smallest absolute Gasteiger partial charge is 0.310 e. The lowest BCUT2D eigenvalue weighted by atomic mass is 10.0. The summed E-state index contributed by atoms with van der Waals surface area (Å²) in [5, 5.41) is 8.74. The average molecular weight is 296 g/mol. The number of carbonyl (C=O) groups is 1. The summed E-state index contributed by atoms with van der Waals surface area (Å²) in [4.78, 5) is 10.9. The van der Waals surface area contributed by atoms with E-state index in [0.717, 1.165) is 31.2 Å². The van der Waals surface area contributed by atoms with Crippen molar-refractivity contribution in [2.45, 2.75) is 49.5 Å². The van der Waals surface area contributed by atoms with Gasteiger partial charge >= 0.3 is 5.97 Å². The molecule has 5 heteroatoms. The van der Waals surface area contributed by atoms with Gasteiger partial charge in [0.1, 0.15) is 0 Å². The van der Waals surface area contributed by atoms with E-state index in [2.05, 4.69) is 0 Å². The highest BCUT2D eigenvalue weighted by Gasteiger charge is 2.28. The molecule has 1 atom stereocenters. The fraction of sp³-hybridized carbons (Fsp3) is 0.533. The number of carboxylic acid groups (broad SMARTS) is 1. The van der Waals surface area contributed by atoms with E-state index < -0.39 is 21.7 Å². The number of hydrogen-bond acceptors (Lipinski definition) is 3. The van der Waals surface area contributed by atoms with Crippen molar-refractivity contribution in [3.63, 3.8) is 0 Å². The summed E-state index contributed by atoms with van der Waals surface area (Å²) >= 11 is 0. The van der Waals surface area contributed by atoms with Gasteiger partial charge in [0.15, 0.2) is 9.84 Å². The molecular weight excluding hydrogens is 276 g/mol. The fourth-order valence-electron chi connectivity index (χ4n) is 2.64. The normalized spacial score (nSPS) is 18.1. The van der Waals surface area contributed by atoms with Gasteiger partial charge in [-0.2, -0.15) is 0 Å². The summed E-state index contributed by atoms with van der Waals surface area (Å²) in [6.45, 7) is 1.62. The Hall–Kier alpha value is -1.36. The highest BCUT2D eigenvalue weighted by molar-refractivity contribution is 7.91. The number of rotatable bonds is 5. The van der Waals surface area contributed by atoms with Crippen LogP contribution < -0.4 is 0 Å². The quantitative estimate of drug-likeness (QED) is 0.907. The highest BCUT2D eigenvalue weighted by Crippen LogP contribution is 2.27. The third kappa shape index (κ3) is 3.39. The molecule has 1 fully saturated rings. The average Bonchev–Trinajstić information content (AvgIpc) is 2.93. The Morgan fingerprint density at radius 1 is 1.25 bits per heavy atom. The van der Waals surface area contributed by atoms with E-state index in [1.54, 1.807) is 31.2 Å². The van der Waals surface area contributed by atoms with E-state index in [1.165, 1.54) is 0 Å². The van der Waals surface area contributed by atoms with Crippen molar-refractivity contribution >= 4 is 15.8 Å². The van der Waals surface area contributed by atoms with Crippen LogP contribution in [0.3, 0.4) is 0 Å². The van der Waals surface area contributed by atoms with Crippen LogP contribution in [0.15, 0.2) is 24.3 Å². The minimum Gasteiger partial charge on any atom is -0.481 e. The van der Waals surface area contributed by atoms with Crippen LogP contribution in [0, 0.1) is 0 Å². The predicted octanol–water partition coefficient (Wildman–Crippen LogP) is 2.73. The Balaban J connectivity index is 2.09. The van der Waals surface area contributed by atoms with Gasteiger partial charge in [0.05, 0.1) is 16.9 Å². The van der Waals surface area contributed by atoms with Crippen LogP contribution in [0.2, 0.25) is 0 Å². The number of carboxylic acids is 1. The van der Waals surface area contributed by atoms with Gasteiger partial charge in [-0.1, -0.05) is 37.1 Å². The molecular formula is C15H20O4S. The Kier molecular flexibility index (Phi) is 4.48. The molecule has 110 valence electrons. The fourth-order valence-corrected chi connectivity index (χ4v) is 4.59. The standard InChI is InChI=1S/C15H20O4S/c1-11(15(16)17)13-8-6-12(7-9-13)10-20(18,19)14-4-2-3-5-14/h6-9,11,14H,2-5,10H2,1H3,(H,16,17). The Labute approximate surface area is 119 Å². The molecule has 0 radical (unpaired) electrons. The summed E-state index contributed by atoms with van der Waals surface area (Å²) in [6, 6.07) is 6.86. The van der Waals surface area contributed by atoms with Gasteiger partial charge in [0, 0.05) is 0 Å². The molecule has 1 saturated carbocycles. The lowest BCUT2D eigenvalue weighted by molar-refractivity contribution is -0.138. The zero-order valence-electron chi connectivity index (χ0n) is 11.6. The second-order valence-electron chi connectivity index (χ2n) is 5.52. The molecule has 2 rings (SSSR count). The summed E-state index contributed by atoms with van der Waals surface area (Å²) in [5.41, 5.74) is 1.43. The lowest BCUT2D eigenvalue weighted by Crippen LogP contribution is -2.19. The largest absolute Gasteiger partial charge is 0.481 e. The van der Waals surface area contributed by atoms with Crippen molar-refractivity contribution in [1.29, 1.82) is 0 Å². The maximum atomic E-state index is 12.2. The van der Waals surface area contributed by atoms with Crippen molar-refractivity contribution in [2.75, 3.05) is 0 Å². The summed E-state index contributed by atoms with van der Waals surface area (Å²) < 4.78 is 24.5. The molecule has 0 spiro atoms. The molecule has 1 aromatic carbocycles. The molecule has 0 bridgehead atoms. The van der Waals surface area contributed by atoms with E-state index in [9.17, 15) is 13.2 Å². The van der Waals surface area contributed by atoms with E-state index in [4.69, 9.17) is 5.11 Å². The first-order valence-electron chi connectivity index (χ1n) is 6.93. The summed E-state index contributed by atoms with van der Waals surface area (Å²) in [6.07, 6.45) is 3.55. The first-order chi connectivity index (χ1) is 9.40. The molecule has 1 aliphatic rings. The number of hydrogen-bond donors (Lipinski definition) is 1. The minimum absolute atomic E-state index is 0.0550. The molecule has 0 heterocycles. The Morgan fingerprint density at radius 3 is 2.30 bits per heavy atom. The lowest BCUT2D eigenvalue weighted by Gasteiger charge is -2.12. The second kappa shape index (κ2) is 5.95. The van der Waals surface area contributed by atoms with Crippen molar-refractivity contribution in [2.24, 2.45) is 0 Å². The molecule has 1 unspecified atom stereocenters. The van der Waals surface area contributed by atoms with Crippen molar-refractivity contribution < 1.29 is 18.3 Å². The zero-order valence-corrected chi connectivity index (χ0v) is 12.4. The molecule has 1 N–H and O–H groups in total. The van der Waals surface area contributed by atoms with E-state index in [1.807, 2.05) is 0 Å². The topological polar surface area (TPSA) is 71.4 Å². The second-order valence-corrected chi connectivity index (χ2v) is 7.80. The molecule has 20 heavy (non-hydrogen) atoms. The third-order valence-corrected chi connectivity index (χ3v) is 6.25. The van der Waals surface area contributed by atoms with E-state index in [0.29, 0.717) is 5.56 Å². The molecule has 1 aromatic rings. The van der Waals surface area contributed by atoms with Gasteiger partial charge in [0.25, 0.3) is 0 Å². The summed E-state index contributed by atoms with van der Waals surface area (Å²) in [7, 11) is -3.08. The minimum atomic E-state index is -3.08. The molecule has 0 aliphatic heterocycles. The van der Waals surface area contributed by atoms with Crippen molar-refractivity contribution in [3.05, 3.63) is 35.4 Å². The van der Waals surface area contributed by atoms with Gasteiger partial charge in [-0.3, -0.25) is 4.79 Å². The predicted molar refractivity (Wildman–Crippen MR) is 77.4 cm³/mol. The van der Waals surface area contributed by atoms with Gasteiger partial charge in [0.2, 0.25) is 0 Å². The molecule has 0 saturated heterocycles. The van der Waals surface area contributed by atoms with Crippen LogP contribution >= 0.6 is 0 Å². The van der Waals surface area contributed by atoms with E-state index in [-0.39, 0.29) is 11.0 Å². The van der Waals surface area contributed by atoms with Crippen LogP contribution in [0.5, 0.6) is 0 Å².